The largest absolute Gasteiger partial charge is 1.00 e. The summed E-state index contributed by atoms with van der Waals surface area (Å²) in [5.74, 6) is -2.85. The van der Waals surface area contributed by atoms with Gasteiger partial charge in [-0.3, -0.25) is 4.79 Å². The SMILES string of the molecule is N.O=C(O)CC(O)C(=O)O.[H-].[K+]. The monoisotopic (exact) mass is 191 g/mol. The second-order valence-electron chi connectivity index (χ2n) is 1.45. The van der Waals surface area contributed by atoms with Gasteiger partial charge in [-0.2, -0.15) is 0 Å². The Morgan fingerprint density at radius 3 is 1.82 bits per heavy atom. The van der Waals surface area contributed by atoms with E-state index in [-0.39, 0.29) is 59.0 Å². The second kappa shape index (κ2) is 8.59. The minimum Gasteiger partial charge on any atom is -1.00 e. The molecule has 0 fully saturated rings. The molecule has 6 N–H and O–H groups in total. The molecule has 6 nitrogen and oxygen atoms in total. The van der Waals surface area contributed by atoms with Crippen molar-refractivity contribution < 1.29 is 77.7 Å². The molecule has 0 aliphatic carbocycles. The van der Waals surface area contributed by atoms with Gasteiger partial charge in [0.05, 0.1) is 6.42 Å². The van der Waals surface area contributed by atoms with Gasteiger partial charge in [-0.15, -0.1) is 0 Å². The number of carboxylic acid groups (broad SMARTS) is 2. The third-order valence-electron chi connectivity index (χ3n) is 0.653. The van der Waals surface area contributed by atoms with Crippen LogP contribution in [0.25, 0.3) is 0 Å². The Bertz CT molecular complexity index is 143. The summed E-state index contributed by atoms with van der Waals surface area (Å²) in [6.45, 7) is 0. The van der Waals surface area contributed by atoms with E-state index in [1.807, 2.05) is 0 Å². The molecule has 0 aromatic carbocycles. The smallest absolute Gasteiger partial charge is 1.00 e. The van der Waals surface area contributed by atoms with Crippen LogP contribution < -0.4 is 57.5 Å². The van der Waals surface area contributed by atoms with Crippen LogP contribution in [0.2, 0.25) is 0 Å². The van der Waals surface area contributed by atoms with Gasteiger partial charge in [0.25, 0.3) is 0 Å². The van der Waals surface area contributed by atoms with E-state index >= 15 is 0 Å². The quantitative estimate of drug-likeness (QED) is 0.338. The fourth-order valence-electron chi connectivity index (χ4n) is 0.253. The Kier molecular flexibility index (Phi) is 13.7. The minimum absolute atomic E-state index is 0. The maximum Gasteiger partial charge on any atom is 1.00 e. The number of aliphatic hydroxyl groups excluding tert-OH is 1. The zero-order chi connectivity index (χ0) is 7.44. The number of rotatable bonds is 3. The van der Waals surface area contributed by atoms with Crippen molar-refractivity contribution >= 4 is 11.9 Å². The van der Waals surface area contributed by atoms with Gasteiger partial charge >= 0.3 is 63.3 Å². The van der Waals surface area contributed by atoms with Crippen LogP contribution in [0.1, 0.15) is 7.85 Å². The summed E-state index contributed by atoms with van der Waals surface area (Å²) in [7, 11) is 0. The topological polar surface area (TPSA) is 130 Å². The molecule has 0 saturated heterocycles. The van der Waals surface area contributed by atoms with Crippen molar-refractivity contribution in [1.29, 1.82) is 0 Å². The molecular formula is C4H10KNO5. The fourth-order valence-corrected chi connectivity index (χ4v) is 0.253. The molecule has 0 radical (unpaired) electrons. The van der Waals surface area contributed by atoms with E-state index < -0.39 is 24.5 Å². The van der Waals surface area contributed by atoms with Crippen LogP contribution >= 0.6 is 0 Å². The molecule has 0 aromatic heterocycles. The molecule has 7 heteroatoms. The number of hydrogen-bond donors (Lipinski definition) is 4. The summed E-state index contributed by atoms with van der Waals surface area (Å²) < 4.78 is 0. The van der Waals surface area contributed by atoms with Crippen LogP contribution in [0.5, 0.6) is 0 Å². The first-order valence-corrected chi connectivity index (χ1v) is 2.16. The van der Waals surface area contributed by atoms with Crippen molar-refractivity contribution in [3.63, 3.8) is 0 Å². The van der Waals surface area contributed by atoms with Crippen molar-refractivity contribution in [2.75, 3.05) is 0 Å². The molecule has 0 saturated carbocycles. The van der Waals surface area contributed by atoms with E-state index in [0.717, 1.165) is 0 Å². The molecule has 1 atom stereocenters. The van der Waals surface area contributed by atoms with Crippen molar-refractivity contribution in [1.82, 2.24) is 6.15 Å². The van der Waals surface area contributed by atoms with E-state index in [4.69, 9.17) is 15.3 Å². The van der Waals surface area contributed by atoms with E-state index in [0.29, 0.717) is 0 Å². The number of carboxylic acids is 2. The Balaban J connectivity index is -0.000000107. The van der Waals surface area contributed by atoms with Gasteiger partial charge in [-0.1, -0.05) is 0 Å². The summed E-state index contributed by atoms with van der Waals surface area (Å²) in [4.78, 5) is 19.4. The molecule has 0 spiro atoms. The standard InChI is InChI=1S/C4H6O5.K.H3N.H/c5-2(4(8)9)1-3(6)7;;;/h2,5H,1H2,(H,6,7)(H,8,9);;1H3;/q;+1;;-1. The van der Waals surface area contributed by atoms with Crippen LogP contribution in [0.3, 0.4) is 0 Å². The van der Waals surface area contributed by atoms with E-state index in [1.165, 1.54) is 0 Å². The van der Waals surface area contributed by atoms with E-state index in [1.54, 1.807) is 0 Å². The molecule has 0 amide bonds. The molecule has 0 aliphatic heterocycles. The molecule has 0 aromatic rings. The third kappa shape index (κ3) is 10.5. The molecule has 0 bridgehead atoms. The van der Waals surface area contributed by atoms with Gasteiger partial charge in [-0.05, 0) is 0 Å². The van der Waals surface area contributed by atoms with Crippen molar-refractivity contribution in [3.8, 4) is 0 Å². The number of aliphatic carboxylic acids is 2. The molecule has 11 heavy (non-hydrogen) atoms. The molecule has 62 valence electrons. The summed E-state index contributed by atoms with van der Waals surface area (Å²) in [5, 5.41) is 24.1. The summed E-state index contributed by atoms with van der Waals surface area (Å²) >= 11 is 0. The number of hydrogen-bond acceptors (Lipinski definition) is 4. The first-order chi connectivity index (χ1) is 4.04. The van der Waals surface area contributed by atoms with Crippen molar-refractivity contribution in [2.45, 2.75) is 12.5 Å². The van der Waals surface area contributed by atoms with E-state index in [2.05, 4.69) is 0 Å². The Morgan fingerprint density at radius 1 is 1.36 bits per heavy atom. The predicted octanol–water partition coefficient (Wildman–Crippen LogP) is -3.81. The number of carbonyl (C=O) groups is 2. The first kappa shape index (κ1) is 17.5. The zero-order valence-corrected chi connectivity index (χ0v) is 9.27. The van der Waals surface area contributed by atoms with Crippen LogP contribution in [0, 0.1) is 0 Å². The summed E-state index contributed by atoms with van der Waals surface area (Å²) in [6, 6.07) is 0. The predicted molar refractivity (Wildman–Crippen MR) is 32.0 cm³/mol. The average molecular weight is 191 g/mol. The third-order valence-corrected chi connectivity index (χ3v) is 0.653. The van der Waals surface area contributed by atoms with Crippen LogP contribution in [-0.4, -0.2) is 33.4 Å². The van der Waals surface area contributed by atoms with E-state index in [9.17, 15) is 9.59 Å². The molecular weight excluding hydrogens is 181 g/mol. The summed E-state index contributed by atoms with van der Waals surface area (Å²) in [5.41, 5.74) is 0. The van der Waals surface area contributed by atoms with Gasteiger partial charge in [0.15, 0.2) is 6.10 Å². The molecule has 1 unspecified atom stereocenters. The van der Waals surface area contributed by atoms with Gasteiger partial charge in [0.2, 0.25) is 0 Å². The van der Waals surface area contributed by atoms with Crippen molar-refractivity contribution in [3.05, 3.63) is 0 Å². The van der Waals surface area contributed by atoms with Crippen LogP contribution in [-0.2, 0) is 9.59 Å². The van der Waals surface area contributed by atoms with Gasteiger partial charge in [0.1, 0.15) is 0 Å². The van der Waals surface area contributed by atoms with Crippen LogP contribution in [0.15, 0.2) is 0 Å². The Labute approximate surface area is 107 Å². The molecule has 0 rings (SSSR count). The zero-order valence-electron chi connectivity index (χ0n) is 7.15. The van der Waals surface area contributed by atoms with Gasteiger partial charge in [0, 0.05) is 0 Å². The number of aliphatic hydroxyl groups is 1. The van der Waals surface area contributed by atoms with Gasteiger partial charge in [-0.25, -0.2) is 4.79 Å². The average Bonchev–Trinajstić information content (AvgIpc) is 1.63. The normalized spacial score (nSPS) is 10.3. The van der Waals surface area contributed by atoms with Gasteiger partial charge < -0.3 is 22.9 Å². The summed E-state index contributed by atoms with van der Waals surface area (Å²) in [6.07, 6.45) is -2.54. The fraction of sp³-hybridized carbons (Fsp3) is 0.500. The molecule has 0 heterocycles. The Morgan fingerprint density at radius 2 is 1.73 bits per heavy atom. The minimum atomic E-state index is -1.79. The second-order valence-corrected chi connectivity index (χ2v) is 1.45. The Hall–Kier alpha value is 0.496. The first-order valence-electron chi connectivity index (χ1n) is 2.16. The molecule has 0 aliphatic rings. The van der Waals surface area contributed by atoms with Crippen LogP contribution in [0.4, 0.5) is 0 Å². The maximum absolute atomic E-state index is 9.72. The van der Waals surface area contributed by atoms with Crippen molar-refractivity contribution in [2.24, 2.45) is 0 Å². The maximum atomic E-state index is 9.72.